The van der Waals surface area contributed by atoms with E-state index < -0.39 is 0 Å². The lowest BCUT2D eigenvalue weighted by atomic mass is 9.71. The average Bonchev–Trinajstić information content (AvgIpc) is 2.36. The van der Waals surface area contributed by atoms with Gasteiger partial charge >= 0.3 is 0 Å². The molecule has 0 fully saturated rings. The molecule has 1 heterocycles. The molecule has 0 atom stereocenters. The van der Waals surface area contributed by atoms with E-state index in [1.165, 1.54) is 40.1 Å². The smallest absolute Gasteiger partial charge is 0.0643 e. The number of hydrogen-bond donors (Lipinski definition) is 0. The number of nitrogens with zero attached hydrogens (tertiary/aromatic N) is 1. The van der Waals surface area contributed by atoms with Gasteiger partial charge in [0.2, 0.25) is 0 Å². The number of anilines is 1. The lowest BCUT2D eigenvalue weighted by molar-refractivity contribution is 0.605. The predicted molar refractivity (Wildman–Crippen MR) is 90.7 cm³/mol. The molecule has 1 aliphatic heterocycles. The summed E-state index contributed by atoms with van der Waals surface area (Å²) in [4.78, 5) is 0. The Morgan fingerprint density at radius 3 is 2.63 bits per heavy atom. The maximum absolute atomic E-state index is 2.46. The molecule has 0 saturated carbocycles. The fourth-order valence-electron chi connectivity index (χ4n) is 3.21. The minimum absolute atomic E-state index is 0.111. The largest absolute Gasteiger partial charge is 0.286 e. The maximum atomic E-state index is 2.46. The third-order valence-electron chi connectivity index (χ3n) is 4.41. The van der Waals surface area contributed by atoms with Crippen molar-refractivity contribution in [2.75, 3.05) is 3.11 Å². The van der Waals surface area contributed by atoms with Gasteiger partial charge in [0.1, 0.15) is 0 Å². The molecule has 19 heavy (non-hydrogen) atoms. The molecule has 3 rings (SSSR count). The van der Waals surface area contributed by atoms with Gasteiger partial charge in [0, 0.05) is 11.1 Å². The van der Waals surface area contributed by atoms with Gasteiger partial charge in [-0.15, -0.1) is 0 Å². The summed E-state index contributed by atoms with van der Waals surface area (Å²) in [6, 6.07) is 6.84. The minimum Gasteiger partial charge on any atom is -0.286 e. The van der Waals surface area contributed by atoms with Crippen molar-refractivity contribution in [1.29, 1.82) is 0 Å². The van der Waals surface area contributed by atoms with Gasteiger partial charge in [-0.1, -0.05) is 43.2 Å². The highest BCUT2D eigenvalue weighted by Gasteiger charge is 2.37. The Labute approximate surface area is 129 Å². The van der Waals surface area contributed by atoms with Crippen molar-refractivity contribution in [3.05, 3.63) is 52.2 Å². The molecule has 100 valence electrons. The lowest BCUT2D eigenvalue weighted by Crippen LogP contribution is -2.33. The molecule has 0 amide bonds. The first kappa shape index (κ1) is 13.2. The number of rotatable bonds is 0. The van der Waals surface area contributed by atoms with Gasteiger partial charge in [-0.2, -0.15) is 0 Å². The van der Waals surface area contributed by atoms with Crippen molar-refractivity contribution in [1.82, 2.24) is 0 Å². The molecule has 0 bridgehead atoms. The summed E-state index contributed by atoms with van der Waals surface area (Å²) in [5, 5.41) is 0. The second-order valence-corrected chi connectivity index (χ2v) is 7.24. The summed E-state index contributed by atoms with van der Waals surface area (Å²) in [5.41, 5.74) is 8.77. The Hall–Kier alpha value is -0.770. The highest BCUT2D eigenvalue weighted by molar-refractivity contribution is 14.1. The number of halogens is 1. The summed E-state index contributed by atoms with van der Waals surface area (Å²) < 4.78 is 2.37. The van der Waals surface area contributed by atoms with Crippen LogP contribution < -0.4 is 3.11 Å². The monoisotopic (exact) mass is 365 g/mol. The third kappa shape index (κ3) is 1.95. The van der Waals surface area contributed by atoms with Crippen molar-refractivity contribution in [3.63, 3.8) is 0 Å². The van der Waals surface area contributed by atoms with Gasteiger partial charge in [-0.05, 0) is 43.9 Å². The minimum atomic E-state index is 0.111. The van der Waals surface area contributed by atoms with Crippen molar-refractivity contribution < 1.29 is 0 Å². The zero-order chi connectivity index (χ0) is 13.8. The van der Waals surface area contributed by atoms with Crippen LogP contribution in [0.3, 0.4) is 0 Å². The molecule has 1 aliphatic carbocycles. The van der Waals surface area contributed by atoms with Crippen LogP contribution >= 0.6 is 22.9 Å². The van der Waals surface area contributed by atoms with E-state index in [2.05, 4.69) is 77.9 Å². The fraction of sp³-hybridized carbons (Fsp3) is 0.412. The van der Waals surface area contributed by atoms with E-state index in [9.17, 15) is 0 Å². The van der Waals surface area contributed by atoms with Gasteiger partial charge in [-0.25, -0.2) is 0 Å². The normalized spacial score (nSPS) is 20.9. The standard InChI is InChI=1S/C17H20IN/c1-11-5-7-15-13(9-11)17(3,4)14-10-12(2)6-8-16(14)19(15)18/h5,7,9-10H,6,8H2,1-4H3. The van der Waals surface area contributed by atoms with Gasteiger partial charge in [0.05, 0.1) is 28.6 Å². The summed E-state index contributed by atoms with van der Waals surface area (Å²) >= 11 is 2.46. The van der Waals surface area contributed by atoms with Crippen LogP contribution in [-0.2, 0) is 5.41 Å². The van der Waals surface area contributed by atoms with Crippen LogP contribution in [-0.4, -0.2) is 0 Å². The average molecular weight is 365 g/mol. The molecule has 2 aliphatic rings. The Kier molecular flexibility index (Phi) is 3.04. The highest BCUT2D eigenvalue weighted by Crippen LogP contribution is 2.50. The Bertz CT molecular complexity index is 608. The number of allylic oxidation sites excluding steroid dienone is 4. The van der Waals surface area contributed by atoms with Crippen molar-refractivity contribution in [2.24, 2.45) is 0 Å². The highest BCUT2D eigenvalue weighted by atomic mass is 127. The second-order valence-electron chi connectivity index (χ2n) is 6.28. The maximum Gasteiger partial charge on any atom is 0.0643 e. The SMILES string of the molecule is CC1=CC2=C(CC1)N(I)c1ccc(C)cc1C2(C)C. The van der Waals surface area contributed by atoms with Crippen LogP contribution in [0.5, 0.6) is 0 Å². The molecular weight excluding hydrogens is 345 g/mol. The van der Waals surface area contributed by atoms with E-state index >= 15 is 0 Å². The molecule has 1 nitrogen and oxygen atoms in total. The van der Waals surface area contributed by atoms with E-state index in [0.717, 1.165) is 6.42 Å². The molecule has 1 aromatic carbocycles. The first-order valence-corrected chi connectivity index (χ1v) is 7.85. The number of fused-ring (bicyclic) bond motifs is 1. The summed E-state index contributed by atoms with van der Waals surface area (Å²) in [5.74, 6) is 0. The zero-order valence-corrected chi connectivity index (χ0v) is 14.2. The van der Waals surface area contributed by atoms with E-state index in [0.29, 0.717) is 0 Å². The Balaban J connectivity index is 2.26. The fourth-order valence-corrected chi connectivity index (χ4v) is 4.13. The van der Waals surface area contributed by atoms with Gasteiger partial charge in [0.25, 0.3) is 0 Å². The molecule has 0 aromatic heterocycles. The first-order chi connectivity index (χ1) is 8.91. The van der Waals surface area contributed by atoms with Crippen LogP contribution in [0.2, 0.25) is 0 Å². The number of hydrogen-bond acceptors (Lipinski definition) is 1. The van der Waals surface area contributed by atoms with Gasteiger partial charge < -0.3 is 0 Å². The number of aryl methyl sites for hydroxylation is 1. The van der Waals surface area contributed by atoms with Crippen LogP contribution in [0.25, 0.3) is 0 Å². The third-order valence-corrected chi connectivity index (χ3v) is 5.51. The summed E-state index contributed by atoms with van der Waals surface area (Å²) in [6.45, 7) is 9.15. The molecule has 0 N–H and O–H groups in total. The Morgan fingerprint density at radius 1 is 1.16 bits per heavy atom. The van der Waals surface area contributed by atoms with Crippen molar-refractivity contribution in [3.8, 4) is 0 Å². The topological polar surface area (TPSA) is 3.24 Å². The van der Waals surface area contributed by atoms with Gasteiger partial charge in [-0.3, -0.25) is 3.11 Å². The van der Waals surface area contributed by atoms with E-state index in [-0.39, 0.29) is 5.41 Å². The zero-order valence-electron chi connectivity index (χ0n) is 12.0. The quantitative estimate of drug-likeness (QED) is 0.437. The van der Waals surface area contributed by atoms with Crippen LogP contribution in [0.4, 0.5) is 5.69 Å². The number of benzene rings is 1. The first-order valence-electron chi connectivity index (χ1n) is 6.89. The van der Waals surface area contributed by atoms with Crippen molar-refractivity contribution in [2.45, 2.75) is 46.0 Å². The Morgan fingerprint density at radius 2 is 1.89 bits per heavy atom. The van der Waals surface area contributed by atoms with Gasteiger partial charge in [0.15, 0.2) is 0 Å². The van der Waals surface area contributed by atoms with Crippen LogP contribution in [0.1, 0.15) is 44.7 Å². The van der Waals surface area contributed by atoms with Crippen molar-refractivity contribution >= 4 is 28.6 Å². The van der Waals surface area contributed by atoms with E-state index in [4.69, 9.17) is 0 Å². The molecular formula is C17H20IN. The molecule has 0 unspecified atom stereocenters. The van der Waals surface area contributed by atoms with E-state index in [1.807, 2.05) is 0 Å². The molecule has 0 saturated heterocycles. The molecule has 1 aromatic rings. The molecule has 2 heteroatoms. The van der Waals surface area contributed by atoms with Crippen LogP contribution in [0, 0.1) is 6.92 Å². The molecule has 0 radical (unpaired) electrons. The predicted octanol–water partition coefficient (Wildman–Crippen LogP) is 5.44. The van der Waals surface area contributed by atoms with E-state index in [1.54, 1.807) is 0 Å². The second kappa shape index (κ2) is 4.37. The summed E-state index contributed by atoms with van der Waals surface area (Å²) in [6.07, 6.45) is 4.77. The summed E-state index contributed by atoms with van der Waals surface area (Å²) in [7, 11) is 0. The van der Waals surface area contributed by atoms with Crippen LogP contribution in [0.15, 0.2) is 41.1 Å². The lowest BCUT2D eigenvalue weighted by Gasteiger charge is -2.42. The molecule has 0 spiro atoms.